The van der Waals surface area contributed by atoms with Crippen molar-refractivity contribution in [3.63, 3.8) is 0 Å². The average Bonchev–Trinajstić information content (AvgIpc) is 2.89. The highest BCUT2D eigenvalue weighted by atomic mass is 35.5. The van der Waals surface area contributed by atoms with E-state index < -0.39 is 0 Å². The fourth-order valence-electron chi connectivity index (χ4n) is 2.50. The first-order valence-corrected chi connectivity index (χ1v) is 8.76. The molecule has 0 unspecified atom stereocenters. The Morgan fingerprint density at radius 1 is 1.15 bits per heavy atom. The molecule has 0 atom stereocenters. The first kappa shape index (κ1) is 18.2. The summed E-state index contributed by atoms with van der Waals surface area (Å²) in [6.07, 6.45) is 0.822. The van der Waals surface area contributed by atoms with Gasteiger partial charge in [-0.15, -0.1) is 0 Å². The summed E-state index contributed by atoms with van der Waals surface area (Å²) in [5.41, 5.74) is 1.63. The predicted octanol–water partition coefficient (Wildman–Crippen LogP) is 3.24. The molecule has 0 saturated heterocycles. The number of ether oxygens (including phenoxy) is 3. The van der Waals surface area contributed by atoms with E-state index in [9.17, 15) is 4.79 Å². The molecule has 26 heavy (non-hydrogen) atoms. The molecule has 0 saturated carbocycles. The summed E-state index contributed by atoms with van der Waals surface area (Å²) >= 11 is 6.26. The number of carbonyl (C=O) groups is 1. The van der Waals surface area contributed by atoms with Crippen LogP contribution in [0.2, 0.25) is 5.02 Å². The van der Waals surface area contributed by atoms with Crippen molar-refractivity contribution in [3.05, 3.63) is 47.0 Å². The van der Waals surface area contributed by atoms with Crippen molar-refractivity contribution >= 4 is 23.2 Å². The number of benzene rings is 2. The minimum atomic E-state index is -0.135. The molecular formula is C19H21ClN2O4. The lowest BCUT2D eigenvalue weighted by Crippen LogP contribution is -2.29. The van der Waals surface area contributed by atoms with Crippen LogP contribution in [-0.2, 0) is 11.3 Å². The van der Waals surface area contributed by atoms with Gasteiger partial charge in [-0.1, -0.05) is 23.7 Å². The SMILES string of the molecule is COc1ccc(CNC(=O)CNc2cc3c(cc2Cl)OCCCO3)cc1. The molecule has 3 rings (SSSR count). The van der Waals surface area contributed by atoms with Crippen molar-refractivity contribution in [3.8, 4) is 17.2 Å². The fraction of sp³-hybridized carbons (Fsp3) is 0.316. The van der Waals surface area contributed by atoms with Gasteiger partial charge in [-0.2, -0.15) is 0 Å². The van der Waals surface area contributed by atoms with Gasteiger partial charge in [-0.3, -0.25) is 4.79 Å². The number of hydrogen-bond donors (Lipinski definition) is 2. The summed E-state index contributed by atoms with van der Waals surface area (Å²) in [5, 5.41) is 6.38. The second kappa shape index (κ2) is 8.67. The van der Waals surface area contributed by atoms with Gasteiger partial charge < -0.3 is 24.8 Å². The van der Waals surface area contributed by atoms with Gasteiger partial charge in [-0.05, 0) is 17.7 Å². The lowest BCUT2D eigenvalue weighted by Gasteiger charge is -2.13. The van der Waals surface area contributed by atoms with E-state index >= 15 is 0 Å². The zero-order valence-electron chi connectivity index (χ0n) is 14.5. The monoisotopic (exact) mass is 376 g/mol. The molecule has 0 aromatic heterocycles. The van der Waals surface area contributed by atoms with Gasteiger partial charge in [0.05, 0.1) is 37.6 Å². The van der Waals surface area contributed by atoms with Crippen molar-refractivity contribution in [2.45, 2.75) is 13.0 Å². The molecule has 1 aliphatic rings. The summed E-state index contributed by atoms with van der Waals surface area (Å²) in [6.45, 7) is 1.75. The number of nitrogens with one attached hydrogen (secondary N) is 2. The van der Waals surface area contributed by atoms with E-state index in [4.69, 9.17) is 25.8 Å². The molecule has 7 heteroatoms. The highest BCUT2D eigenvalue weighted by Gasteiger charge is 2.14. The third kappa shape index (κ3) is 4.73. The second-order valence-electron chi connectivity index (χ2n) is 5.81. The molecule has 2 N–H and O–H groups in total. The zero-order chi connectivity index (χ0) is 18.4. The Labute approximate surface area is 157 Å². The second-order valence-corrected chi connectivity index (χ2v) is 6.21. The lowest BCUT2D eigenvalue weighted by atomic mass is 10.2. The van der Waals surface area contributed by atoms with Gasteiger partial charge in [0.15, 0.2) is 11.5 Å². The van der Waals surface area contributed by atoms with Crippen LogP contribution in [0.1, 0.15) is 12.0 Å². The minimum absolute atomic E-state index is 0.107. The van der Waals surface area contributed by atoms with Crippen LogP contribution in [-0.4, -0.2) is 32.8 Å². The first-order chi connectivity index (χ1) is 12.7. The smallest absolute Gasteiger partial charge is 0.239 e. The quantitative estimate of drug-likeness (QED) is 0.810. The van der Waals surface area contributed by atoms with Gasteiger partial charge in [0.1, 0.15) is 5.75 Å². The average molecular weight is 377 g/mol. The molecule has 138 valence electrons. The van der Waals surface area contributed by atoms with E-state index in [0.29, 0.717) is 42.0 Å². The minimum Gasteiger partial charge on any atom is -0.497 e. The molecule has 1 aliphatic heterocycles. The highest BCUT2D eigenvalue weighted by Crippen LogP contribution is 2.37. The van der Waals surface area contributed by atoms with Gasteiger partial charge in [0, 0.05) is 25.1 Å². The maximum Gasteiger partial charge on any atom is 0.239 e. The Hall–Kier alpha value is -2.60. The third-order valence-corrected chi connectivity index (χ3v) is 4.24. The van der Waals surface area contributed by atoms with Crippen molar-refractivity contribution in [1.82, 2.24) is 5.32 Å². The zero-order valence-corrected chi connectivity index (χ0v) is 15.3. The van der Waals surface area contributed by atoms with Crippen molar-refractivity contribution in [1.29, 1.82) is 0 Å². The number of methoxy groups -OCH3 is 1. The topological polar surface area (TPSA) is 68.8 Å². The Balaban J connectivity index is 1.53. The number of hydrogen-bond acceptors (Lipinski definition) is 5. The van der Waals surface area contributed by atoms with Crippen LogP contribution in [0.15, 0.2) is 36.4 Å². The molecule has 0 aliphatic carbocycles. The number of amides is 1. The van der Waals surface area contributed by atoms with Crippen LogP contribution >= 0.6 is 11.6 Å². The normalized spacial score (nSPS) is 12.8. The van der Waals surface area contributed by atoms with Crippen LogP contribution in [0.25, 0.3) is 0 Å². The van der Waals surface area contributed by atoms with Crippen molar-refractivity contribution in [2.24, 2.45) is 0 Å². The summed E-state index contributed by atoms with van der Waals surface area (Å²) in [7, 11) is 1.62. The molecule has 2 aromatic rings. The highest BCUT2D eigenvalue weighted by molar-refractivity contribution is 6.33. The Kier molecular flexibility index (Phi) is 6.07. The van der Waals surface area contributed by atoms with E-state index in [1.165, 1.54) is 0 Å². The maximum absolute atomic E-state index is 12.1. The summed E-state index contributed by atoms with van der Waals surface area (Å²) in [5.74, 6) is 1.91. The Bertz CT molecular complexity index is 765. The molecule has 6 nitrogen and oxygen atoms in total. The van der Waals surface area contributed by atoms with E-state index in [2.05, 4.69) is 10.6 Å². The van der Waals surface area contributed by atoms with Crippen molar-refractivity contribution in [2.75, 3.05) is 32.2 Å². The van der Waals surface area contributed by atoms with Gasteiger partial charge >= 0.3 is 0 Å². The third-order valence-electron chi connectivity index (χ3n) is 3.93. The standard InChI is InChI=1S/C19H21ClN2O4/c1-24-14-5-3-13(4-6-14)11-22-19(23)12-21-16-10-18-17(9-15(16)20)25-7-2-8-26-18/h3-6,9-10,21H,2,7-8,11-12H2,1H3,(H,22,23). The number of carbonyl (C=O) groups excluding carboxylic acids is 1. The van der Waals surface area contributed by atoms with Gasteiger partial charge in [0.25, 0.3) is 0 Å². The lowest BCUT2D eigenvalue weighted by molar-refractivity contribution is -0.119. The Morgan fingerprint density at radius 3 is 2.54 bits per heavy atom. The predicted molar refractivity (Wildman–Crippen MR) is 100 cm³/mol. The molecular weight excluding hydrogens is 356 g/mol. The number of halogens is 1. The largest absolute Gasteiger partial charge is 0.497 e. The van der Waals surface area contributed by atoms with E-state index in [1.807, 2.05) is 24.3 Å². The molecule has 1 amide bonds. The summed E-state index contributed by atoms with van der Waals surface area (Å²) < 4.78 is 16.3. The molecule has 2 aromatic carbocycles. The van der Waals surface area contributed by atoms with E-state index in [0.717, 1.165) is 17.7 Å². The van der Waals surface area contributed by atoms with E-state index in [1.54, 1.807) is 19.2 Å². The van der Waals surface area contributed by atoms with Crippen LogP contribution in [0.3, 0.4) is 0 Å². The van der Waals surface area contributed by atoms with Crippen LogP contribution in [0.4, 0.5) is 5.69 Å². The molecule has 0 bridgehead atoms. The first-order valence-electron chi connectivity index (χ1n) is 8.38. The number of anilines is 1. The van der Waals surface area contributed by atoms with Gasteiger partial charge in [-0.25, -0.2) is 0 Å². The van der Waals surface area contributed by atoms with Gasteiger partial charge in [0.2, 0.25) is 5.91 Å². The summed E-state index contributed by atoms with van der Waals surface area (Å²) in [6, 6.07) is 11.0. The molecule has 0 fully saturated rings. The number of rotatable bonds is 6. The molecule has 1 heterocycles. The fourth-order valence-corrected chi connectivity index (χ4v) is 2.72. The van der Waals surface area contributed by atoms with E-state index in [-0.39, 0.29) is 12.5 Å². The Morgan fingerprint density at radius 2 is 1.85 bits per heavy atom. The molecule has 0 radical (unpaired) electrons. The van der Waals surface area contributed by atoms with Crippen LogP contribution < -0.4 is 24.8 Å². The summed E-state index contributed by atoms with van der Waals surface area (Å²) in [4.78, 5) is 12.1. The molecule has 0 spiro atoms. The van der Waals surface area contributed by atoms with Crippen LogP contribution in [0, 0.1) is 0 Å². The maximum atomic E-state index is 12.1. The van der Waals surface area contributed by atoms with Crippen molar-refractivity contribution < 1.29 is 19.0 Å². The van der Waals surface area contributed by atoms with Crippen LogP contribution in [0.5, 0.6) is 17.2 Å². The number of fused-ring (bicyclic) bond motifs is 1.